The summed E-state index contributed by atoms with van der Waals surface area (Å²) in [6, 6.07) is 13.4. The number of alkyl halides is 3. The van der Waals surface area contributed by atoms with E-state index in [1.54, 1.807) is 26.0 Å². The Morgan fingerprint density at radius 3 is 2.27 bits per heavy atom. The molecule has 0 saturated heterocycles. The van der Waals surface area contributed by atoms with E-state index in [9.17, 15) is 31.5 Å². The summed E-state index contributed by atoms with van der Waals surface area (Å²) in [7, 11) is -4.13. The van der Waals surface area contributed by atoms with Crippen LogP contribution >= 0.6 is 11.3 Å². The van der Waals surface area contributed by atoms with Crippen LogP contribution in [0.3, 0.4) is 0 Å². The number of carboxylic acids is 1. The third-order valence-electron chi connectivity index (χ3n) is 6.49. The maximum absolute atomic E-state index is 12.9. The SMILES string of the molecule is Cc1nc(-c2ccc(C(F)(F)F)cc2)sc1-c1ccc2oc3cc(S(=O)(=O)N[C@H](C(=O)O)C(C)C)ccc3c2c1. The average Bonchev–Trinajstić information content (AvgIpc) is 3.46. The average molecular weight is 589 g/mol. The quantitative estimate of drug-likeness (QED) is 0.210. The maximum atomic E-state index is 12.9. The Morgan fingerprint density at radius 1 is 0.975 bits per heavy atom. The summed E-state index contributed by atoms with van der Waals surface area (Å²) in [6.07, 6.45) is -4.41. The number of sulfonamides is 1. The number of carbonyl (C=O) groups is 1. The van der Waals surface area contributed by atoms with Gasteiger partial charge < -0.3 is 9.52 Å². The Balaban J connectivity index is 1.49. The molecule has 2 heterocycles. The molecule has 0 bridgehead atoms. The molecule has 0 radical (unpaired) electrons. The molecule has 0 aliphatic carbocycles. The van der Waals surface area contributed by atoms with Crippen molar-refractivity contribution in [1.29, 1.82) is 0 Å². The lowest BCUT2D eigenvalue weighted by Gasteiger charge is -2.17. The molecule has 0 spiro atoms. The summed E-state index contributed by atoms with van der Waals surface area (Å²) in [5, 5.41) is 11.4. The number of hydrogen-bond donors (Lipinski definition) is 2. The van der Waals surface area contributed by atoms with Crippen molar-refractivity contribution in [2.45, 2.75) is 37.9 Å². The van der Waals surface area contributed by atoms with Crippen LogP contribution in [0.5, 0.6) is 0 Å². The number of aromatic nitrogens is 1. The lowest BCUT2D eigenvalue weighted by Crippen LogP contribution is -2.44. The largest absolute Gasteiger partial charge is 0.480 e. The van der Waals surface area contributed by atoms with Gasteiger partial charge in [-0.05, 0) is 60.9 Å². The van der Waals surface area contributed by atoms with E-state index in [1.807, 2.05) is 19.1 Å². The highest BCUT2D eigenvalue weighted by Crippen LogP contribution is 2.39. The summed E-state index contributed by atoms with van der Waals surface area (Å²) in [4.78, 5) is 16.8. The molecule has 7 nitrogen and oxygen atoms in total. The number of nitrogens with one attached hydrogen (secondary N) is 1. The van der Waals surface area contributed by atoms with Crippen molar-refractivity contribution < 1.29 is 35.9 Å². The van der Waals surface area contributed by atoms with Gasteiger partial charge in [0.05, 0.1) is 21.0 Å². The fourth-order valence-corrected chi connectivity index (χ4v) is 6.78. The van der Waals surface area contributed by atoms with Crippen molar-refractivity contribution >= 4 is 49.3 Å². The van der Waals surface area contributed by atoms with Crippen molar-refractivity contribution in [2.75, 3.05) is 0 Å². The molecule has 0 amide bonds. The fourth-order valence-electron chi connectivity index (χ4n) is 4.36. The van der Waals surface area contributed by atoms with E-state index in [1.165, 1.54) is 35.6 Å². The number of fused-ring (bicyclic) bond motifs is 3. The topological polar surface area (TPSA) is 110 Å². The molecule has 3 aromatic carbocycles. The first-order valence-corrected chi connectivity index (χ1v) is 14.4. The zero-order valence-corrected chi connectivity index (χ0v) is 23.0. The van der Waals surface area contributed by atoms with Crippen LogP contribution in [0, 0.1) is 12.8 Å². The smallest absolute Gasteiger partial charge is 0.416 e. The van der Waals surface area contributed by atoms with Gasteiger partial charge in [0.2, 0.25) is 10.0 Å². The van der Waals surface area contributed by atoms with Crippen LogP contribution in [0.25, 0.3) is 43.0 Å². The maximum Gasteiger partial charge on any atom is 0.416 e. The Hall–Kier alpha value is -3.74. The van der Waals surface area contributed by atoms with E-state index < -0.39 is 39.7 Å². The van der Waals surface area contributed by atoms with Gasteiger partial charge in [0.25, 0.3) is 0 Å². The number of rotatable bonds is 7. The number of aryl methyl sites for hydroxylation is 1. The Bertz CT molecular complexity index is 1860. The second kappa shape index (κ2) is 10.0. The Kier molecular flexibility index (Phi) is 6.97. The second-order valence-electron chi connectivity index (χ2n) is 9.66. The summed E-state index contributed by atoms with van der Waals surface area (Å²) in [6.45, 7) is 5.04. The number of furan rings is 1. The van der Waals surface area contributed by atoms with Crippen molar-refractivity contribution in [3.63, 3.8) is 0 Å². The Labute approximate surface area is 231 Å². The third-order valence-corrected chi connectivity index (χ3v) is 9.18. The van der Waals surface area contributed by atoms with Gasteiger partial charge in [-0.3, -0.25) is 4.79 Å². The van der Waals surface area contributed by atoms with Crippen LogP contribution in [0.2, 0.25) is 0 Å². The molecule has 208 valence electrons. The highest BCUT2D eigenvalue weighted by atomic mass is 32.2. The summed E-state index contributed by atoms with van der Waals surface area (Å²) >= 11 is 1.35. The number of nitrogens with zero attached hydrogens (tertiary/aromatic N) is 1. The molecule has 40 heavy (non-hydrogen) atoms. The van der Waals surface area contributed by atoms with Gasteiger partial charge in [-0.1, -0.05) is 26.0 Å². The number of halogens is 3. The number of thiazole rings is 1. The van der Waals surface area contributed by atoms with Gasteiger partial charge in [0.15, 0.2) is 0 Å². The van der Waals surface area contributed by atoms with Crippen LogP contribution in [-0.2, 0) is 21.0 Å². The van der Waals surface area contributed by atoms with Crippen molar-refractivity contribution in [1.82, 2.24) is 9.71 Å². The molecule has 12 heteroatoms. The molecule has 5 aromatic rings. The predicted molar refractivity (Wildman–Crippen MR) is 147 cm³/mol. The molecule has 5 rings (SSSR count). The van der Waals surface area contributed by atoms with Gasteiger partial charge in [-0.2, -0.15) is 17.9 Å². The monoisotopic (exact) mass is 588 g/mol. The van der Waals surface area contributed by atoms with Gasteiger partial charge >= 0.3 is 12.1 Å². The van der Waals surface area contributed by atoms with E-state index in [2.05, 4.69) is 9.71 Å². The molecule has 1 atom stereocenters. The van der Waals surface area contributed by atoms with E-state index in [-0.39, 0.29) is 4.90 Å². The van der Waals surface area contributed by atoms with E-state index >= 15 is 0 Å². The van der Waals surface area contributed by atoms with E-state index in [0.29, 0.717) is 32.8 Å². The van der Waals surface area contributed by atoms with Crippen LogP contribution in [0.4, 0.5) is 13.2 Å². The first-order chi connectivity index (χ1) is 18.7. The van der Waals surface area contributed by atoms with Crippen LogP contribution in [-0.4, -0.2) is 30.5 Å². The van der Waals surface area contributed by atoms with Crippen LogP contribution in [0.15, 0.2) is 70.0 Å². The van der Waals surface area contributed by atoms with Gasteiger partial charge in [0.1, 0.15) is 22.2 Å². The molecule has 0 aliphatic heterocycles. The molecule has 0 saturated carbocycles. The van der Waals surface area contributed by atoms with Crippen LogP contribution < -0.4 is 4.72 Å². The molecule has 2 N–H and O–H groups in total. The number of benzene rings is 3. The first-order valence-electron chi connectivity index (χ1n) is 12.1. The van der Waals surface area contributed by atoms with Crippen LogP contribution in [0.1, 0.15) is 25.1 Å². The van der Waals surface area contributed by atoms with Gasteiger partial charge in [-0.25, -0.2) is 13.4 Å². The molecular formula is C28H23F3N2O5S2. The second-order valence-corrected chi connectivity index (χ2v) is 12.4. The minimum absolute atomic E-state index is 0.120. The standard InChI is InChI=1S/C28H23F3N2O5S2/c1-14(2)24(27(34)35)33-40(36,37)19-9-10-20-21-12-17(6-11-22(21)38-23(20)13-19)25-15(3)32-26(39-25)16-4-7-18(8-5-16)28(29,30)31/h4-14,24,33H,1-3H3,(H,34,35)/t24-/m0/s1. The lowest BCUT2D eigenvalue weighted by molar-refractivity contribution is -0.140. The predicted octanol–water partition coefficient (Wildman–Crippen LogP) is 7.09. The first kappa shape index (κ1) is 27.8. The summed E-state index contributed by atoms with van der Waals surface area (Å²) in [5.41, 5.74) is 2.23. The summed E-state index contributed by atoms with van der Waals surface area (Å²) < 4.78 is 72.8. The number of hydrogen-bond acceptors (Lipinski definition) is 6. The highest BCUT2D eigenvalue weighted by molar-refractivity contribution is 7.89. The molecule has 2 aromatic heterocycles. The van der Waals surface area contributed by atoms with Gasteiger partial charge in [-0.15, -0.1) is 11.3 Å². The molecule has 0 aliphatic rings. The normalized spacial score (nSPS) is 13.4. The number of carboxylic acid groups (broad SMARTS) is 1. The van der Waals surface area contributed by atoms with Crippen molar-refractivity contribution in [2.24, 2.45) is 5.92 Å². The van der Waals surface area contributed by atoms with Crippen molar-refractivity contribution in [3.8, 4) is 21.0 Å². The number of aliphatic carboxylic acids is 1. The molecular weight excluding hydrogens is 565 g/mol. The van der Waals surface area contributed by atoms with Crippen molar-refractivity contribution in [3.05, 3.63) is 71.9 Å². The zero-order chi connectivity index (χ0) is 29.0. The summed E-state index contributed by atoms with van der Waals surface area (Å²) in [5.74, 6) is -1.73. The Morgan fingerprint density at radius 2 is 1.65 bits per heavy atom. The zero-order valence-electron chi connectivity index (χ0n) is 21.4. The molecule has 0 unspecified atom stereocenters. The highest BCUT2D eigenvalue weighted by Gasteiger charge is 2.30. The lowest BCUT2D eigenvalue weighted by atomic mass is 10.1. The van der Waals surface area contributed by atoms with Gasteiger partial charge in [0, 0.05) is 22.4 Å². The van der Waals surface area contributed by atoms with E-state index in [4.69, 9.17) is 4.42 Å². The molecule has 0 fully saturated rings. The van der Waals surface area contributed by atoms with E-state index in [0.717, 1.165) is 28.0 Å². The minimum Gasteiger partial charge on any atom is -0.480 e. The third kappa shape index (κ3) is 5.21. The fraction of sp³-hybridized carbons (Fsp3) is 0.214. The minimum atomic E-state index is -4.41.